The van der Waals surface area contributed by atoms with Crippen molar-refractivity contribution in [3.05, 3.63) is 78.1 Å². The average molecular weight is 437 g/mol. The van der Waals surface area contributed by atoms with Gasteiger partial charge >= 0.3 is 0 Å². The first kappa shape index (κ1) is 22.6. The zero-order valence-electron chi connectivity index (χ0n) is 18.2. The Balaban J connectivity index is 1.67. The third kappa shape index (κ3) is 5.98. The second-order valence-corrected chi connectivity index (χ2v) is 8.10. The number of para-hydroxylation sites is 1. The van der Waals surface area contributed by atoms with Crippen molar-refractivity contribution in [2.24, 2.45) is 0 Å². The van der Waals surface area contributed by atoms with Gasteiger partial charge in [-0.25, -0.2) is 0 Å². The third-order valence-corrected chi connectivity index (χ3v) is 5.73. The van der Waals surface area contributed by atoms with Gasteiger partial charge in [-0.05, 0) is 44.0 Å². The highest BCUT2D eigenvalue weighted by molar-refractivity contribution is 7.99. The Bertz CT molecular complexity index is 1030. The third-order valence-electron chi connectivity index (χ3n) is 4.76. The number of ether oxygens (including phenoxy) is 1. The van der Waals surface area contributed by atoms with Crippen LogP contribution in [0.5, 0.6) is 5.75 Å². The summed E-state index contributed by atoms with van der Waals surface area (Å²) in [6.45, 7) is 10.4. The van der Waals surface area contributed by atoms with Crippen LogP contribution in [-0.4, -0.2) is 26.4 Å². The van der Waals surface area contributed by atoms with Gasteiger partial charge in [0.1, 0.15) is 5.75 Å². The van der Waals surface area contributed by atoms with Crippen molar-refractivity contribution >= 4 is 23.4 Å². The number of thioether (sulfide) groups is 1. The summed E-state index contributed by atoms with van der Waals surface area (Å²) in [7, 11) is 0. The summed E-state index contributed by atoms with van der Waals surface area (Å²) in [4.78, 5) is 12.5. The molecule has 1 unspecified atom stereocenters. The van der Waals surface area contributed by atoms with Gasteiger partial charge in [-0.3, -0.25) is 9.36 Å². The SMILES string of the molecule is C=CCn1c(SCC(=O)Nc2ccccc2CC)nnc1C(C)Oc1ccc(C)cc1. The number of amides is 1. The van der Waals surface area contributed by atoms with E-state index in [1.54, 1.807) is 6.08 Å². The highest BCUT2D eigenvalue weighted by Gasteiger charge is 2.20. The van der Waals surface area contributed by atoms with Crippen LogP contribution in [0.2, 0.25) is 0 Å². The highest BCUT2D eigenvalue weighted by Crippen LogP contribution is 2.25. The molecule has 0 aliphatic carbocycles. The van der Waals surface area contributed by atoms with Crippen LogP contribution in [0.15, 0.2) is 66.3 Å². The van der Waals surface area contributed by atoms with E-state index < -0.39 is 0 Å². The molecule has 7 heteroatoms. The lowest BCUT2D eigenvalue weighted by atomic mass is 10.1. The number of aromatic nitrogens is 3. The Morgan fingerprint density at radius 3 is 2.68 bits per heavy atom. The fourth-order valence-corrected chi connectivity index (χ4v) is 3.90. The predicted octanol–water partition coefficient (Wildman–Crippen LogP) is 5.21. The number of hydrogen-bond acceptors (Lipinski definition) is 5. The van der Waals surface area contributed by atoms with Crippen LogP contribution in [-0.2, 0) is 17.8 Å². The van der Waals surface area contributed by atoms with E-state index in [1.165, 1.54) is 17.3 Å². The number of allylic oxidation sites excluding steroid dienone is 1. The molecular weight excluding hydrogens is 408 g/mol. The summed E-state index contributed by atoms with van der Waals surface area (Å²) in [6, 6.07) is 15.7. The van der Waals surface area contributed by atoms with Crippen molar-refractivity contribution in [3.63, 3.8) is 0 Å². The Labute approximate surface area is 187 Å². The standard InChI is InChI=1S/C24H28N4O2S/c1-5-15-28-23(18(4)30-20-13-11-17(3)12-14-20)26-27-24(28)31-16-22(29)25-21-10-8-7-9-19(21)6-2/h5,7-14,18H,1,6,15-16H2,2-4H3,(H,25,29). The number of nitrogens with zero attached hydrogens (tertiary/aromatic N) is 3. The molecule has 1 N–H and O–H groups in total. The van der Waals surface area contributed by atoms with Crippen LogP contribution in [0.3, 0.4) is 0 Å². The van der Waals surface area contributed by atoms with Crippen LogP contribution in [0.4, 0.5) is 5.69 Å². The molecule has 0 saturated heterocycles. The smallest absolute Gasteiger partial charge is 0.234 e. The van der Waals surface area contributed by atoms with Crippen LogP contribution in [0, 0.1) is 6.92 Å². The lowest BCUT2D eigenvalue weighted by molar-refractivity contribution is -0.113. The van der Waals surface area contributed by atoms with E-state index in [0.717, 1.165) is 23.4 Å². The van der Waals surface area contributed by atoms with Gasteiger partial charge in [0.25, 0.3) is 0 Å². The molecule has 1 aromatic heterocycles. The number of nitrogens with one attached hydrogen (secondary N) is 1. The van der Waals surface area contributed by atoms with E-state index in [9.17, 15) is 4.79 Å². The summed E-state index contributed by atoms with van der Waals surface area (Å²) >= 11 is 1.35. The van der Waals surface area contributed by atoms with Crippen LogP contribution in [0.1, 0.15) is 36.9 Å². The Kier molecular flexibility index (Phi) is 7.89. The topological polar surface area (TPSA) is 69.0 Å². The first-order valence-corrected chi connectivity index (χ1v) is 11.3. The molecule has 0 radical (unpaired) electrons. The molecule has 0 fully saturated rings. The van der Waals surface area contributed by atoms with Crippen molar-refractivity contribution in [1.82, 2.24) is 14.8 Å². The minimum absolute atomic E-state index is 0.0791. The zero-order chi connectivity index (χ0) is 22.2. The maximum Gasteiger partial charge on any atom is 0.234 e. The lowest BCUT2D eigenvalue weighted by Crippen LogP contribution is -2.16. The van der Waals surface area contributed by atoms with Gasteiger partial charge in [0.15, 0.2) is 17.1 Å². The van der Waals surface area contributed by atoms with Crippen molar-refractivity contribution in [2.45, 2.75) is 45.0 Å². The van der Waals surface area contributed by atoms with E-state index >= 15 is 0 Å². The van der Waals surface area contributed by atoms with Gasteiger partial charge < -0.3 is 10.1 Å². The molecular formula is C24H28N4O2S. The molecule has 0 saturated carbocycles. The molecule has 1 heterocycles. The maximum absolute atomic E-state index is 12.5. The fraction of sp³-hybridized carbons (Fsp3) is 0.292. The molecule has 1 atom stereocenters. The second-order valence-electron chi connectivity index (χ2n) is 7.16. The van der Waals surface area contributed by atoms with Crippen molar-refractivity contribution in [3.8, 4) is 5.75 Å². The molecule has 1 amide bonds. The minimum atomic E-state index is -0.297. The molecule has 0 aliphatic heterocycles. The minimum Gasteiger partial charge on any atom is -0.483 e. The van der Waals surface area contributed by atoms with Crippen LogP contribution in [0.25, 0.3) is 0 Å². The summed E-state index contributed by atoms with van der Waals surface area (Å²) in [5.74, 6) is 1.62. The number of benzene rings is 2. The van der Waals surface area contributed by atoms with Gasteiger partial charge in [0.2, 0.25) is 5.91 Å². The monoisotopic (exact) mass is 436 g/mol. The largest absolute Gasteiger partial charge is 0.483 e. The van der Waals surface area contributed by atoms with E-state index in [-0.39, 0.29) is 17.8 Å². The fourth-order valence-electron chi connectivity index (χ4n) is 3.15. The predicted molar refractivity (Wildman–Crippen MR) is 126 cm³/mol. The van der Waals surface area contributed by atoms with Crippen LogP contribution >= 0.6 is 11.8 Å². The zero-order valence-corrected chi connectivity index (χ0v) is 19.0. The number of carbonyl (C=O) groups is 1. The molecule has 0 aliphatic rings. The summed E-state index contributed by atoms with van der Waals surface area (Å²) in [6.07, 6.45) is 2.35. The second kappa shape index (κ2) is 10.8. The molecule has 2 aromatic carbocycles. The molecule has 162 valence electrons. The van der Waals surface area contributed by atoms with Gasteiger partial charge in [0, 0.05) is 12.2 Å². The number of anilines is 1. The number of rotatable bonds is 10. The van der Waals surface area contributed by atoms with Gasteiger partial charge in [0.05, 0.1) is 5.75 Å². The van der Waals surface area contributed by atoms with Crippen LogP contribution < -0.4 is 10.1 Å². The quantitative estimate of drug-likeness (QED) is 0.349. The van der Waals surface area contributed by atoms with Crippen molar-refractivity contribution < 1.29 is 9.53 Å². The summed E-state index contributed by atoms with van der Waals surface area (Å²) in [5, 5.41) is 12.3. The van der Waals surface area contributed by atoms with Crippen molar-refractivity contribution in [2.75, 3.05) is 11.1 Å². The lowest BCUT2D eigenvalue weighted by Gasteiger charge is -2.16. The molecule has 3 aromatic rings. The first-order valence-electron chi connectivity index (χ1n) is 10.3. The Morgan fingerprint density at radius 1 is 1.23 bits per heavy atom. The molecule has 0 bridgehead atoms. The summed E-state index contributed by atoms with van der Waals surface area (Å²) in [5.41, 5.74) is 3.14. The van der Waals surface area contributed by atoms with E-state index in [4.69, 9.17) is 4.74 Å². The van der Waals surface area contributed by atoms with Gasteiger partial charge in [-0.2, -0.15) is 0 Å². The summed E-state index contributed by atoms with van der Waals surface area (Å²) < 4.78 is 7.97. The normalized spacial score (nSPS) is 11.7. The number of aryl methyl sites for hydroxylation is 2. The number of carbonyl (C=O) groups excluding carboxylic acids is 1. The average Bonchev–Trinajstić information content (AvgIpc) is 3.17. The van der Waals surface area contributed by atoms with E-state index in [2.05, 4.69) is 29.0 Å². The van der Waals surface area contributed by atoms with Gasteiger partial charge in [-0.15, -0.1) is 16.8 Å². The van der Waals surface area contributed by atoms with E-state index in [0.29, 0.717) is 17.5 Å². The maximum atomic E-state index is 12.5. The Hall–Kier alpha value is -3.06. The first-order chi connectivity index (χ1) is 15.0. The number of hydrogen-bond donors (Lipinski definition) is 1. The molecule has 31 heavy (non-hydrogen) atoms. The van der Waals surface area contributed by atoms with E-state index in [1.807, 2.05) is 66.9 Å². The Morgan fingerprint density at radius 2 is 1.97 bits per heavy atom. The highest BCUT2D eigenvalue weighted by atomic mass is 32.2. The molecule has 3 rings (SSSR count). The molecule has 6 nitrogen and oxygen atoms in total. The van der Waals surface area contributed by atoms with Crippen molar-refractivity contribution in [1.29, 1.82) is 0 Å². The van der Waals surface area contributed by atoms with Gasteiger partial charge in [-0.1, -0.05) is 60.7 Å². The molecule has 0 spiro atoms.